The second-order valence-electron chi connectivity index (χ2n) is 3.99. The van der Waals surface area contributed by atoms with E-state index in [1.54, 1.807) is 0 Å². The average molecular weight is 204 g/mol. The Balaban J connectivity index is 2.30. The Bertz CT molecular complexity index is 537. The zero-order valence-corrected chi connectivity index (χ0v) is 8.98. The van der Waals surface area contributed by atoms with Crippen molar-refractivity contribution in [3.63, 3.8) is 0 Å². The fourth-order valence-electron chi connectivity index (χ4n) is 2.16. The third-order valence-corrected chi connectivity index (χ3v) is 3.01. The van der Waals surface area contributed by atoms with Crippen LogP contribution in [0.1, 0.15) is 22.3 Å². The lowest BCUT2D eigenvalue weighted by molar-refractivity contribution is 1.54. The molecule has 3 rings (SSSR count). The Morgan fingerprint density at radius 3 is 1.56 bits per heavy atom. The summed E-state index contributed by atoms with van der Waals surface area (Å²) in [5, 5.41) is 0. The summed E-state index contributed by atoms with van der Waals surface area (Å²) in [4.78, 5) is 0. The molecule has 2 aromatic rings. The maximum Gasteiger partial charge on any atom is -0.0111 e. The van der Waals surface area contributed by atoms with E-state index in [2.05, 4.69) is 67.3 Å². The van der Waals surface area contributed by atoms with Gasteiger partial charge in [-0.1, -0.05) is 67.3 Å². The van der Waals surface area contributed by atoms with Crippen LogP contribution in [-0.2, 0) is 0 Å². The number of fused-ring (bicyclic) bond motifs is 2. The molecule has 0 saturated heterocycles. The van der Waals surface area contributed by atoms with Crippen molar-refractivity contribution < 1.29 is 0 Å². The van der Waals surface area contributed by atoms with Gasteiger partial charge in [0.2, 0.25) is 0 Å². The molecule has 0 amide bonds. The molecule has 0 atom stereocenters. The monoisotopic (exact) mass is 204 g/mol. The summed E-state index contributed by atoms with van der Waals surface area (Å²) in [5.41, 5.74) is 6.04. The molecule has 0 unspecified atom stereocenters. The van der Waals surface area contributed by atoms with Crippen molar-refractivity contribution in [2.75, 3.05) is 0 Å². The number of hydrogen-bond donors (Lipinski definition) is 0. The molecule has 0 heteroatoms. The molecule has 76 valence electrons. The quantitative estimate of drug-likeness (QED) is 0.514. The lowest BCUT2D eigenvalue weighted by Crippen LogP contribution is -1.89. The van der Waals surface area contributed by atoms with Crippen LogP contribution in [0.5, 0.6) is 0 Å². The molecule has 0 aliphatic heterocycles. The van der Waals surface area contributed by atoms with E-state index < -0.39 is 0 Å². The van der Waals surface area contributed by atoms with Crippen LogP contribution in [0.3, 0.4) is 0 Å². The Morgan fingerprint density at radius 1 is 0.625 bits per heavy atom. The topological polar surface area (TPSA) is 0 Å². The van der Waals surface area contributed by atoms with Crippen LogP contribution in [0.2, 0.25) is 0 Å². The average Bonchev–Trinajstić information content (AvgIpc) is 2.49. The van der Waals surface area contributed by atoms with Crippen molar-refractivity contribution in [1.29, 1.82) is 0 Å². The van der Waals surface area contributed by atoms with Gasteiger partial charge in [-0.15, -0.1) is 0 Å². The van der Waals surface area contributed by atoms with E-state index in [1.807, 2.05) is 0 Å². The number of hydrogen-bond acceptors (Lipinski definition) is 0. The minimum atomic E-state index is 1.11. The van der Waals surface area contributed by atoms with E-state index in [9.17, 15) is 0 Å². The maximum absolute atomic E-state index is 4.22. The van der Waals surface area contributed by atoms with Gasteiger partial charge in [0.15, 0.2) is 0 Å². The molecule has 1 aliphatic rings. The first-order valence-corrected chi connectivity index (χ1v) is 5.42. The fraction of sp³-hybridized carbons (Fsp3) is 0. The van der Waals surface area contributed by atoms with E-state index in [4.69, 9.17) is 0 Å². The second-order valence-corrected chi connectivity index (χ2v) is 3.99. The van der Waals surface area contributed by atoms with E-state index in [0.29, 0.717) is 0 Å². The van der Waals surface area contributed by atoms with Crippen molar-refractivity contribution in [3.05, 3.63) is 77.4 Å². The largest absolute Gasteiger partial charge is 0.0905 e. The molecular weight excluding hydrogens is 192 g/mol. The van der Waals surface area contributed by atoms with Gasteiger partial charge in [-0.05, 0) is 27.8 Å². The van der Waals surface area contributed by atoms with Gasteiger partial charge in [0.05, 0.1) is 0 Å². The molecule has 16 heavy (non-hydrogen) atoms. The van der Waals surface area contributed by atoms with Gasteiger partial charge < -0.3 is 0 Å². The van der Waals surface area contributed by atoms with Crippen molar-refractivity contribution in [1.82, 2.24) is 0 Å². The Hall–Kier alpha value is -2.08. The molecular formula is C16H12. The van der Waals surface area contributed by atoms with Crippen molar-refractivity contribution in [3.8, 4) is 0 Å². The van der Waals surface area contributed by atoms with Gasteiger partial charge in [0.1, 0.15) is 0 Å². The summed E-state index contributed by atoms with van der Waals surface area (Å²) < 4.78 is 0. The normalized spacial score (nSPS) is 12.9. The third kappa shape index (κ3) is 1.31. The van der Waals surface area contributed by atoms with Crippen molar-refractivity contribution in [2.24, 2.45) is 0 Å². The summed E-state index contributed by atoms with van der Waals surface area (Å²) in [6.07, 6.45) is 4.32. The van der Waals surface area contributed by atoms with E-state index in [0.717, 1.165) is 5.57 Å². The summed E-state index contributed by atoms with van der Waals surface area (Å²) in [5.74, 6) is 0. The van der Waals surface area contributed by atoms with Crippen LogP contribution in [0.15, 0.2) is 55.1 Å². The predicted molar refractivity (Wildman–Crippen MR) is 69.9 cm³/mol. The molecule has 2 aromatic carbocycles. The molecule has 0 fully saturated rings. The second kappa shape index (κ2) is 3.49. The van der Waals surface area contributed by atoms with E-state index in [-0.39, 0.29) is 0 Å². The van der Waals surface area contributed by atoms with Gasteiger partial charge in [0.25, 0.3) is 0 Å². The first-order chi connectivity index (χ1) is 7.86. The Labute approximate surface area is 95.6 Å². The van der Waals surface area contributed by atoms with Gasteiger partial charge in [0, 0.05) is 0 Å². The lowest BCUT2D eigenvalue weighted by atomic mass is 9.95. The first-order valence-electron chi connectivity index (χ1n) is 5.42. The smallest absolute Gasteiger partial charge is 0.0111 e. The fourth-order valence-corrected chi connectivity index (χ4v) is 2.16. The van der Waals surface area contributed by atoms with Gasteiger partial charge >= 0.3 is 0 Å². The van der Waals surface area contributed by atoms with Crippen molar-refractivity contribution in [2.45, 2.75) is 0 Å². The highest BCUT2D eigenvalue weighted by atomic mass is 14.1. The highest BCUT2D eigenvalue weighted by Gasteiger charge is 2.11. The zero-order chi connectivity index (χ0) is 11.0. The van der Waals surface area contributed by atoms with Crippen LogP contribution in [0, 0.1) is 0 Å². The third-order valence-electron chi connectivity index (χ3n) is 3.01. The van der Waals surface area contributed by atoms with Crippen molar-refractivity contribution >= 4 is 17.7 Å². The highest BCUT2D eigenvalue weighted by molar-refractivity contribution is 5.92. The highest BCUT2D eigenvalue weighted by Crippen LogP contribution is 2.31. The summed E-state index contributed by atoms with van der Waals surface area (Å²) in [7, 11) is 0. The Kier molecular flexibility index (Phi) is 2.00. The number of rotatable bonds is 0. The van der Waals surface area contributed by atoms with Gasteiger partial charge in [-0.2, -0.15) is 0 Å². The molecule has 0 radical (unpaired) electrons. The van der Waals surface area contributed by atoms with Crippen LogP contribution < -0.4 is 0 Å². The molecule has 0 bridgehead atoms. The predicted octanol–water partition coefficient (Wildman–Crippen LogP) is 4.23. The zero-order valence-electron chi connectivity index (χ0n) is 8.98. The van der Waals surface area contributed by atoms with Crippen LogP contribution in [0.25, 0.3) is 17.7 Å². The minimum absolute atomic E-state index is 1.11. The SMILES string of the molecule is C=C1c2ccccc2C=Cc2ccccc21. The summed E-state index contributed by atoms with van der Waals surface area (Å²) >= 11 is 0. The first kappa shape index (κ1) is 9.17. The van der Waals surface area contributed by atoms with Gasteiger partial charge in [-0.3, -0.25) is 0 Å². The standard InChI is InChI=1S/C16H12/c1-12-15-8-4-2-6-13(15)10-11-14-7-3-5-9-16(12)14/h2-11H,1H2. The maximum atomic E-state index is 4.22. The molecule has 0 nitrogen and oxygen atoms in total. The minimum Gasteiger partial charge on any atom is -0.0905 e. The molecule has 1 aliphatic carbocycles. The van der Waals surface area contributed by atoms with Crippen LogP contribution in [0.4, 0.5) is 0 Å². The van der Waals surface area contributed by atoms with Gasteiger partial charge in [-0.25, -0.2) is 0 Å². The number of benzene rings is 2. The van der Waals surface area contributed by atoms with Crippen LogP contribution in [-0.4, -0.2) is 0 Å². The molecule has 0 spiro atoms. The molecule has 0 aromatic heterocycles. The molecule has 0 N–H and O–H groups in total. The van der Waals surface area contributed by atoms with E-state index in [1.165, 1.54) is 22.3 Å². The lowest BCUT2D eigenvalue weighted by Gasteiger charge is -2.09. The van der Waals surface area contributed by atoms with E-state index >= 15 is 0 Å². The molecule has 0 saturated carbocycles. The Morgan fingerprint density at radius 2 is 1.06 bits per heavy atom. The summed E-state index contributed by atoms with van der Waals surface area (Å²) in [6.45, 7) is 4.22. The molecule has 0 heterocycles. The van der Waals surface area contributed by atoms with Crippen LogP contribution >= 0.6 is 0 Å². The summed E-state index contributed by atoms with van der Waals surface area (Å²) in [6, 6.07) is 16.8.